The number of nitrogens with one attached hydrogen (secondary N) is 1. The fraction of sp³-hybridized carbons (Fsp3) is 0.0909. The standard InChI is InChI=1S/C22H14F4I2N2O2/c23-17-6-1-3-13(7-17)12-32-20-18(27)8-14(9-19(20)28)11-29-30-21(31)15-4-2-5-16(10-15)22(24,25)26/h1-11H,12H2,(H,30,31)/b29-11-. The molecule has 0 saturated heterocycles. The minimum absolute atomic E-state index is 0.151. The van der Waals surface area contributed by atoms with E-state index in [4.69, 9.17) is 4.74 Å². The second-order valence-electron chi connectivity index (χ2n) is 6.51. The van der Waals surface area contributed by atoms with Gasteiger partial charge in [-0.05, 0) is 98.8 Å². The Morgan fingerprint density at radius 1 is 1.03 bits per heavy atom. The van der Waals surface area contributed by atoms with Crippen molar-refractivity contribution in [1.82, 2.24) is 5.43 Å². The van der Waals surface area contributed by atoms with Gasteiger partial charge in [0, 0.05) is 5.56 Å². The summed E-state index contributed by atoms with van der Waals surface area (Å²) in [5, 5.41) is 3.83. The van der Waals surface area contributed by atoms with Crippen molar-refractivity contribution in [1.29, 1.82) is 0 Å². The van der Waals surface area contributed by atoms with Crippen molar-refractivity contribution in [3.05, 3.63) is 95.9 Å². The van der Waals surface area contributed by atoms with Crippen molar-refractivity contribution in [2.45, 2.75) is 12.8 Å². The third kappa shape index (κ3) is 6.64. The number of benzene rings is 3. The summed E-state index contributed by atoms with van der Waals surface area (Å²) in [4.78, 5) is 12.1. The number of hydrogen-bond donors (Lipinski definition) is 1. The van der Waals surface area contributed by atoms with Gasteiger partial charge in [0.25, 0.3) is 5.91 Å². The predicted molar refractivity (Wildman–Crippen MR) is 129 cm³/mol. The number of amides is 1. The Labute approximate surface area is 208 Å². The highest BCUT2D eigenvalue weighted by Gasteiger charge is 2.30. The molecule has 0 aromatic heterocycles. The number of carbonyl (C=O) groups excluding carboxylic acids is 1. The lowest BCUT2D eigenvalue weighted by molar-refractivity contribution is -0.137. The average molecular weight is 668 g/mol. The van der Waals surface area contributed by atoms with Crippen molar-refractivity contribution in [3.63, 3.8) is 0 Å². The number of halogens is 6. The van der Waals surface area contributed by atoms with Gasteiger partial charge in [-0.1, -0.05) is 18.2 Å². The Morgan fingerprint density at radius 2 is 1.72 bits per heavy atom. The number of hydrazone groups is 1. The molecule has 32 heavy (non-hydrogen) atoms. The molecule has 0 fully saturated rings. The largest absolute Gasteiger partial charge is 0.487 e. The molecule has 3 aromatic carbocycles. The van der Waals surface area contributed by atoms with Gasteiger partial charge in [0.05, 0.1) is 18.9 Å². The topological polar surface area (TPSA) is 50.7 Å². The van der Waals surface area contributed by atoms with E-state index in [-0.39, 0.29) is 18.0 Å². The minimum Gasteiger partial charge on any atom is -0.487 e. The lowest BCUT2D eigenvalue weighted by Gasteiger charge is -2.11. The average Bonchev–Trinajstić information content (AvgIpc) is 2.72. The van der Waals surface area contributed by atoms with Crippen LogP contribution in [0, 0.1) is 13.0 Å². The lowest BCUT2D eigenvalue weighted by atomic mass is 10.1. The number of nitrogens with zero attached hydrogens (tertiary/aromatic N) is 1. The Hall–Kier alpha value is -2.22. The highest BCUT2D eigenvalue weighted by Crippen LogP contribution is 2.30. The molecule has 0 saturated carbocycles. The van der Waals surface area contributed by atoms with Crippen LogP contribution < -0.4 is 10.2 Å². The zero-order chi connectivity index (χ0) is 23.3. The highest BCUT2D eigenvalue weighted by molar-refractivity contribution is 14.1. The molecule has 3 rings (SSSR count). The van der Waals surface area contributed by atoms with Crippen LogP contribution in [0.2, 0.25) is 0 Å². The molecule has 4 nitrogen and oxygen atoms in total. The second kappa shape index (κ2) is 10.6. The van der Waals surface area contributed by atoms with E-state index in [9.17, 15) is 22.4 Å². The fourth-order valence-corrected chi connectivity index (χ4v) is 4.77. The van der Waals surface area contributed by atoms with Gasteiger partial charge in [-0.3, -0.25) is 4.79 Å². The van der Waals surface area contributed by atoms with E-state index in [0.29, 0.717) is 16.9 Å². The third-order valence-corrected chi connectivity index (χ3v) is 5.73. The Balaban J connectivity index is 1.65. The van der Waals surface area contributed by atoms with Crippen molar-refractivity contribution >= 4 is 57.3 Å². The number of hydrogen-bond acceptors (Lipinski definition) is 3. The van der Waals surface area contributed by atoms with Crippen LogP contribution in [0.25, 0.3) is 0 Å². The summed E-state index contributed by atoms with van der Waals surface area (Å²) in [6, 6.07) is 13.8. The Kier molecular flexibility index (Phi) is 8.09. The molecule has 0 heterocycles. The summed E-state index contributed by atoms with van der Waals surface area (Å²) in [5.74, 6) is -0.471. The van der Waals surface area contributed by atoms with Crippen molar-refractivity contribution < 1.29 is 27.1 Å². The maximum absolute atomic E-state index is 13.3. The van der Waals surface area contributed by atoms with E-state index in [1.165, 1.54) is 24.4 Å². The quantitative estimate of drug-likeness (QED) is 0.143. The van der Waals surface area contributed by atoms with E-state index in [0.717, 1.165) is 25.3 Å². The summed E-state index contributed by atoms with van der Waals surface area (Å²) in [5.41, 5.74) is 2.51. The molecule has 1 amide bonds. The molecule has 0 unspecified atom stereocenters. The van der Waals surface area contributed by atoms with Gasteiger partial charge in [0.1, 0.15) is 18.2 Å². The first-order valence-electron chi connectivity index (χ1n) is 9.00. The van der Waals surface area contributed by atoms with Crippen LogP contribution in [-0.2, 0) is 12.8 Å². The zero-order valence-electron chi connectivity index (χ0n) is 16.1. The predicted octanol–water partition coefficient (Wildman–Crippen LogP) is 6.40. The monoisotopic (exact) mass is 668 g/mol. The van der Waals surface area contributed by atoms with Crippen molar-refractivity contribution in [2.24, 2.45) is 5.10 Å². The fourth-order valence-electron chi connectivity index (χ4n) is 2.64. The van der Waals surface area contributed by atoms with E-state index >= 15 is 0 Å². The molecule has 10 heteroatoms. The SMILES string of the molecule is O=C(N/N=C\c1cc(I)c(OCc2cccc(F)c2)c(I)c1)c1cccc(C(F)(F)F)c1. The molecule has 0 spiro atoms. The molecule has 166 valence electrons. The van der Waals surface area contributed by atoms with E-state index in [1.54, 1.807) is 24.3 Å². The van der Waals surface area contributed by atoms with Gasteiger partial charge >= 0.3 is 6.18 Å². The van der Waals surface area contributed by atoms with Crippen LogP contribution in [0.4, 0.5) is 17.6 Å². The number of alkyl halides is 3. The van der Waals surface area contributed by atoms with Crippen LogP contribution >= 0.6 is 45.2 Å². The molecular weight excluding hydrogens is 654 g/mol. The third-order valence-electron chi connectivity index (χ3n) is 4.12. The molecule has 0 bridgehead atoms. The molecule has 3 aromatic rings. The Morgan fingerprint density at radius 3 is 2.38 bits per heavy atom. The van der Waals surface area contributed by atoms with E-state index in [2.05, 4.69) is 55.7 Å². The first-order valence-corrected chi connectivity index (χ1v) is 11.2. The molecule has 0 aliphatic rings. The minimum atomic E-state index is -4.54. The summed E-state index contributed by atoms with van der Waals surface area (Å²) in [6.07, 6.45) is -3.16. The van der Waals surface area contributed by atoms with Crippen LogP contribution in [0.15, 0.2) is 65.8 Å². The lowest BCUT2D eigenvalue weighted by Crippen LogP contribution is -2.18. The normalized spacial score (nSPS) is 11.6. The van der Waals surface area contributed by atoms with Gasteiger partial charge in [-0.2, -0.15) is 18.3 Å². The van der Waals surface area contributed by atoms with Crippen LogP contribution in [0.1, 0.15) is 27.0 Å². The highest BCUT2D eigenvalue weighted by atomic mass is 127. The summed E-state index contributed by atoms with van der Waals surface area (Å²) in [6.45, 7) is 0.199. The molecule has 0 atom stereocenters. The zero-order valence-corrected chi connectivity index (χ0v) is 20.4. The molecule has 1 N–H and O–H groups in total. The van der Waals surface area contributed by atoms with Gasteiger partial charge in [0.15, 0.2) is 0 Å². The second-order valence-corrected chi connectivity index (χ2v) is 8.83. The smallest absolute Gasteiger partial charge is 0.416 e. The van der Waals surface area contributed by atoms with Gasteiger partial charge in [0.2, 0.25) is 0 Å². The summed E-state index contributed by atoms with van der Waals surface area (Å²) < 4.78 is 59.0. The van der Waals surface area contributed by atoms with Crippen LogP contribution in [0.5, 0.6) is 5.75 Å². The van der Waals surface area contributed by atoms with Crippen molar-refractivity contribution in [2.75, 3.05) is 0 Å². The maximum atomic E-state index is 13.3. The van der Waals surface area contributed by atoms with Gasteiger partial charge in [-0.25, -0.2) is 9.82 Å². The first kappa shape index (κ1) is 24.4. The maximum Gasteiger partial charge on any atom is 0.416 e. The van der Waals surface area contributed by atoms with Crippen LogP contribution in [0.3, 0.4) is 0 Å². The number of rotatable bonds is 6. The molecular formula is C22H14F4I2N2O2. The van der Waals surface area contributed by atoms with Crippen LogP contribution in [-0.4, -0.2) is 12.1 Å². The Bertz CT molecular complexity index is 1140. The summed E-state index contributed by atoms with van der Waals surface area (Å²) in [7, 11) is 0. The van der Waals surface area contributed by atoms with E-state index in [1.807, 2.05) is 0 Å². The van der Waals surface area contributed by atoms with Crippen molar-refractivity contribution in [3.8, 4) is 5.75 Å². The first-order chi connectivity index (χ1) is 15.1. The molecule has 0 aliphatic heterocycles. The molecule has 0 radical (unpaired) electrons. The number of carbonyl (C=O) groups is 1. The van der Waals surface area contributed by atoms with Gasteiger partial charge < -0.3 is 4.74 Å². The van der Waals surface area contributed by atoms with E-state index < -0.39 is 17.6 Å². The van der Waals surface area contributed by atoms with Gasteiger partial charge in [-0.15, -0.1) is 0 Å². The summed E-state index contributed by atoms with van der Waals surface area (Å²) >= 11 is 4.17. The number of ether oxygens (including phenoxy) is 1. The molecule has 0 aliphatic carbocycles.